The number of aromatic nitrogens is 4. The maximum Gasteiger partial charge on any atom is 0.253 e. The highest BCUT2D eigenvalue weighted by Crippen LogP contribution is 2.37. The number of para-hydroxylation sites is 1. The number of pyridine rings is 1. The van der Waals surface area contributed by atoms with E-state index in [0.717, 1.165) is 46.0 Å². The molecule has 0 aliphatic heterocycles. The van der Waals surface area contributed by atoms with E-state index in [0.29, 0.717) is 16.9 Å². The molecule has 0 fully saturated rings. The number of carbonyl (C=O) groups excluding carboxylic acids is 1. The number of nitrogens with one attached hydrogen (secondary N) is 3. The SMILES string of the molecule is C=C/C=N\C=C(/C)c1c(-c2n[nH]c3ncc(C(=O)NC(CC)CC)cc23)[nH]c2ccccc12. The summed E-state index contributed by atoms with van der Waals surface area (Å²) >= 11 is 0. The number of allylic oxidation sites excluding steroid dienone is 2. The van der Waals surface area contributed by atoms with Crippen LogP contribution in [-0.2, 0) is 0 Å². The van der Waals surface area contributed by atoms with Crippen molar-refractivity contribution in [3.05, 3.63) is 66.5 Å². The van der Waals surface area contributed by atoms with E-state index in [1.807, 2.05) is 37.4 Å². The van der Waals surface area contributed by atoms with Gasteiger partial charge in [-0.3, -0.25) is 14.9 Å². The smallest absolute Gasteiger partial charge is 0.253 e. The standard InChI is InChI=1S/C26H28N6O/c1-5-12-27-14-16(4)22-19-10-8-9-11-21(19)30-24(22)23-20-13-17(15-28-25(20)32-31-23)26(33)29-18(6-2)7-3/h5,8-15,18,30H,1,6-7H2,2-4H3,(H,29,33)(H,28,31,32)/b16-14+,27-12-. The minimum absolute atomic E-state index is 0.128. The second-order valence-electron chi connectivity index (χ2n) is 7.95. The summed E-state index contributed by atoms with van der Waals surface area (Å²) in [7, 11) is 0. The Balaban J connectivity index is 1.85. The summed E-state index contributed by atoms with van der Waals surface area (Å²) in [4.78, 5) is 25.1. The van der Waals surface area contributed by atoms with Gasteiger partial charge in [0.15, 0.2) is 5.65 Å². The van der Waals surface area contributed by atoms with Gasteiger partial charge in [-0.2, -0.15) is 5.10 Å². The molecule has 0 aliphatic rings. The molecule has 33 heavy (non-hydrogen) atoms. The molecule has 0 aliphatic carbocycles. The first-order valence-corrected chi connectivity index (χ1v) is 11.1. The fraction of sp³-hybridized carbons (Fsp3) is 0.231. The molecule has 1 aromatic carbocycles. The van der Waals surface area contributed by atoms with Crippen LogP contribution >= 0.6 is 0 Å². The van der Waals surface area contributed by atoms with Gasteiger partial charge in [0.05, 0.1) is 11.3 Å². The molecule has 0 saturated carbocycles. The van der Waals surface area contributed by atoms with Crippen molar-refractivity contribution in [3.63, 3.8) is 0 Å². The predicted octanol–water partition coefficient (Wildman–Crippen LogP) is 5.64. The lowest BCUT2D eigenvalue weighted by Crippen LogP contribution is -2.33. The average Bonchev–Trinajstić information content (AvgIpc) is 3.43. The van der Waals surface area contributed by atoms with Crippen molar-refractivity contribution in [2.75, 3.05) is 0 Å². The highest BCUT2D eigenvalue weighted by Gasteiger charge is 2.20. The van der Waals surface area contributed by atoms with E-state index in [2.05, 4.69) is 57.0 Å². The van der Waals surface area contributed by atoms with Crippen LogP contribution in [0.1, 0.15) is 49.5 Å². The molecule has 3 aromatic heterocycles. The number of rotatable bonds is 8. The van der Waals surface area contributed by atoms with Crippen LogP contribution in [0.15, 0.2) is 60.4 Å². The Morgan fingerprint density at radius 1 is 1.24 bits per heavy atom. The molecule has 0 atom stereocenters. The Kier molecular flexibility index (Phi) is 6.49. The molecule has 0 radical (unpaired) electrons. The number of nitrogens with zero attached hydrogens (tertiary/aromatic N) is 3. The first-order valence-electron chi connectivity index (χ1n) is 11.1. The van der Waals surface area contributed by atoms with Gasteiger partial charge in [0.1, 0.15) is 5.69 Å². The molecule has 168 valence electrons. The Hall–Kier alpha value is -4.00. The number of carbonyl (C=O) groups is 1. The molecule has 0 unspecified atom stereocenters. The van der Waals surface area contributed by atoms with Gasteiger partial charge in [0.25, 0.3) is 5.91 Å². The fourth-order valence-corrected chi connectivity index (χ4v) is 3.99. The number of aromatic amines is 2. The Labute approximate surface area is 192 Å². The van der Waals surface area contributed by atoms with Crippen LogP contribution in [0.4, 0.5) is 0 Å². The summed E-state index contributed by atoms with van der Waals surface area (Å²) in [6, 6.07) is 10.1. The first-order chi connectivity index (χ1) is 16.1. The van der Waals surface area contributed by atoms with Crippen molar-refractivity contribution in [1.82, 2.24) is 25.5 Å². The maximum atomic E-state index is 12.8. The number of aliphatic imine (C=N–C) groups is 1. The lowest BCUT2D eigenvalue weighted by molar-refractivity contribution is 0.0934. The molecule has 3 N–H and O–H groups in total. The number of benzene rings is 1. The van der Waals surface area contributed by atoms with Gasteiger partial charge in [-0.25, -0.2) is 4.98 Å². The van der Waals surface area contributed by atoms with Crippen LogP contribution < -0.4 is 5.32 Å². The molecular formula is C26H28N6O. The van der Waals surface area contributed by atoms with Gasteiger partial charge in [0, 0.05) is 46.5 Å². The van der Waals surface area contributed by atoms with Crippen LogP contribution in [0.5, 0.6) is 0 Å². The Bertz CT molecular complexity index is 1370. The molecule has 3 heterocycles. The Morgan fingerprint density at radius 2 is 2.03 bits per heavy atom. The number of hydrogen-bond acceptors (Lipinski definition) is 4. The second-order valence-corrected chi connectivity index (χ2v) is 7.95. The van der Waals surface area contributed by atoms with Gasteiger partial charge < -0.3 is 10.3 Å². The lowest BCUT2D eigenvalue weighted by Gasteiger charge is -2.14. The zero-order valence-corrected chi connectivity index (χ0v) is 19.1. The van der Waals surface area contributed by atoms with Crippen LogP contribution in [0.2, 0.25) is 0 Å². The largest absolute Gasteiger partial charge is 0.353 e. The van der Waals surface area contributed by atoms with E-state index in [-0.39, 0.29) is 11.9 Å². The van der Waals surface area contributed by atoms with E-state index in [1.165, 1.54) is 0 Å². The van der Waals surface area contributed by atoms with Crippen molar-refractivity contribution in [3.8, 4) is 11.4 Å². The van der Waals surface area contributed by atoms with Gasteiger partial charge >= 0.3 is 0 Å². The second kappa shape index (κ2) is 9.65. The number of H-pyrrole nitrogens is 2. The molecule has 7 heteroatoms. The third-order valence-electron chi connectivity index (χ3n) is 5.80. The molecule has 0 spiro atoms. The van der Waals surface area contributed by atoms with Gasteiger partial charge in [-0.05, 0) is 37.5 Å². The van der Waals surface area contributed by atoms with E-state index < -0.39 is 0 Å². The predicted molar refractivity (Wildman–Crippen MR) is 135 cm³/mol. The minimum atomic E-state index is -0.128. The Morgan fingerprint density at radius 3 is 2.79 bits per heavy atom. The molecule has 0 saturated heterocycles. The third-order valence-corrected chi connectivity index (χ3v) is 5.80. The minimum Gasteiger partial charge on any atom is -0.353 e. The summed E-state index contributed by atoms with van der Waals surface area (Å²) in [5, 5.41) is 12.5. The lowest BCUT2D eigenvalue weighted by atomic mass is 10.0. The summed E-state index contributed by atoms with van der Waals surface area (Å²) in [6.07, 6.45) is 8.45. The number of fused-ring (bicyclic) bond motifs is 2. The van der Waals surface area contributed by atoms with Gasteiger partial charge in [0.2, 0.25) is 0 Å². The molecule has 1 amide bonds. The molecule has 4 rings (SSSR count). The first kappa shape index (κ1) is 22.2. The number of amides is 1. The summed E-state index contributed by atoms with van der Waals surface area (Å²) < 4.78 is 0. The normalized spacial score (nSPS) is 12.3. The van der Waals surface area contributed by atoms with E-state index in [1.54, 1.807) is 18.5 Å². The zero-order valence-electron chi connectivity index (χ0n) is 19.1. The van der Waals surface area contributed by atoms with Crippen molar-refractivity contribution < 1.29 is 4.79 Å². The van der Waals surface area contributed by atoms with E-state index >= 15 is 0 Å². The molecule has 7 nitrogen and oxygen atoms in total. The highest BCUT2D eigenvalue weighted by atomic mass is 16.1. The van der Waals surface area contributed by atoms with E-state index in [9.17, 15) is 4.79 Å². The van der Waals surface area contributed by atoms with Crippen LogP contribution in [-0.4, -0.2) is 38.3 Å². The summed E-state index contributed by atoms with van der Waals surface area (Å²) in [6.45, 7) is 9.82. The van der Waals surface area contributed by atoms with Gasteiger partial charge in [-0.15, -0.1) is 0 Å². The summed E-state index contributed by atoms with van der Waals surface area (Å²) in [5.74, 6) is -0.128. The maximum absolute atomic E-state index is 12.8. The van der Waals surface area contributed by atoms with Crippen LogP contribution in [0.25, 0.3) is 38.9 Å². The van der Waals surface area contributed by atoms with Crippen LogP contribution in [0.3, 0.4) is 0 Å². The van der Waals surface area contributed by atoms with Crippen molar-refractivity contribution in [2.45, 2.75) is 39.7 Å². The summed E-state index contributed by atoms with van der Waals surface area (Å²) in [5.41, 5.74) is 5.68. The third kappa shape index (κ3) is 4.35. The monoisotopic (exact) mass is 440 g/mol. The van der Waals surface area contributed by atoms with Crippen molar-refractivity contribution in [1.29, 1.82) is 0 Å². The molecule has 0 bridgehead atoms. The molecular weight excluding hydrogens is 412 g/mol. The quantitative estimate of drug-likeness (QED) is 0.309. The average molecular weight is 441 g/mol. The van der Waals surface area contributed by atoms with Crippen LogP contribution in [0, 0.1) is 0 Å². The van der Waals surface area contributed by atoms with Crippen molar-refractivity contribution >= 4 is 39.6 Å². The van der Waals surface area contributed by atoms with Crippen molar-refractivity contribution in [2.24, 2.45) is 4.99 Å². The fourth-order valence-electron chi connectivity index (χ4n) is 3.99. The highest BCUT2D eigenvalue weighted by molar-refractivity contribution is 6.05. The van der Waals surface area contributed by atoms with Gasteiger partial charge in [-0.1, -0.05) is 44.7 Å². The van der Waals surface area contributed by atoms with E-state index in [4.69, 9.17) is 0 Å². The molecule has 4 aromatic rings. The number of hydrogen-bond donors (Lipinski definition) is 3. The topological polar surface area (TPSA) is 98.8 Å². The zero-order chi connectivity index (χ0) is 23.4.